The minimum Gasteiger partial charge on any atom is -0.271 e. The molecule has 3 nitrogen and oxygen atoms in total. The van der Waals surface area contributed by atoms with E-state index in [0.29, 0.717) is 11.1 Å². The third kappa shape index (κ3) is 3.18. The fourth-order valence-corrected chi connectivity index (χ4v) is 4.18. The molecule has 2 aromatic carbocycles. The molecule has 3 heteroatoms. The van der Waals surface area contributed by atoms with Crippen LogP contribution < -0.4 is 0 Å². The van der Waals surface area contributed by atoms with Gasteiger partial charge in [0.25, 0.3) is 11.8 Å². The van der Waals surface area contributed by atoms with E-state index in [1.807, 2.05) is 18.2 Å². The van der Waals surface area contributed by atoms with Crippen molar-refractivity contribution < 1.29 is 9.59 Å². The first-order chi connectivity index (χ1) is 12.6. The summed E-state index contributed by atoms with van der Waals surface area (Å²) >= 11 is 0. The lowest BCUT2D eigenvalue weighted by atomic mass is 9.94. The number of rotatable bonds is 4. The number of imide groups is 1. The number of benzene rings is 2. The van der Waals surface area contributed by atoms with Gasteiger partial charge < -0.3 is 0 Å². The molecular weight excluding hydrogens is 322 g/mol. The Bertz CT molecular complexity index is 832. The van der Waals surface area contributed by atoms with E-state index in [4.69, 9.17) is 0 Å². The van der Waals surface area contributed by atoms with E-state index in [1.165, 1.54) is 22.4 Å². The van der Waals surface area contributed by atoms with Crippen LogP contribution in [0.25, 0.3) is 0 Å². The van der Waals surface area contributed by atoms with Gasteiger partial charge in [0.05, 0.1) is 11.1 Å². The monoisotopic (exact) mass is 347 g/mol. The molecule has 0 spiro atoms. The summed E-state index contributed by atoms with van der Waals surface area (Å²) in [6.07, 6.45) is 7.15. The molecule has 0 radical (unpaired) electrons. The van der Waals surface area contributed by atoms with E-state index in [1.54, 1.807) is 0 Å². The van der Waals surface area contributed by atoms with Gasteiger partial charge in [-0.25, -0.2) is 0 Å². The Morgan fingerprint density at radius 2 is 1.42 bits per heavy atom. The minimum absolute atomic E-state index is 0.0888. The van der Waals surface area contributed by atoms with Gasteiger partial charge in [0.15, 0.2) is 0 Å². The molecule has 2 aliphatic rings. The second kappa shape index (κ2) is 7.06. The van der Waals surface area contributed by atoms with Crippen LogP contribution in [0.4, 0.5) is 0 Å². The molecule has 1 aliphatic heterocycles. The summed E-state index contributed by atoms with van der Waals surface area (Å²) in [5.74, 6) is -0.184. The van der Waals surface area contributed by atoms with E-state index in [-0.39, 0.29) is 17.9 Å². The number of carbonyl (C=O) groups is 2. The first kappa shape index (κ1) is 17.0. The molecule has 1 heterocycles. The summed E-state index contributed by atoms with van der Waals surface area (Å²) in [5.41, 5.74) is 4.86. The van der Waals surface area contributed by atoms with Gasteiger partial charge in [0.1, 0.15) is 0 Å². The average Bonchev–Trinajstić information content (AvgIpc) is 2.92. The predicted octanol–water partition coefficient (Wildman–Crippen LogP) is 4.71. The number of hydrogen-bond acceptors (Lipinski definition) is 2. The molecule has 0 atom stereocenters. The Morgan fingerprint density at radius 3 is 2.15 bits per heavy atom. The molecule has 134 valence electrons. The molecule has 4 rings (SSSR count). The van der Waals surface area contributed by atoms with Crippen LogP contribution in [0.2, 0.25) is 0 Å². The lowest BCUT2D eigenvalue weighted by molar-refractivity contribution is 0.0549. The quantitative estimate of drug-likeness (QED) is 0.751. The minimum atomic E-state index is -0.0954. The summed E-state index contributed by atoms with van der Waals surface area (Å²) in [4.78, 5) is 27.1. The number of fused-ring (bicyclic) bond motifs is 1. The lowest BCUT2D eigenvalue weighted by Gasteiger charge is -2.29. The number of hydrogen-bond donors (Lipinski definition) is 0. The molecular formula is C23H25NO2. The van der Waals surface area contributed by atoms with Gasteiger partial charge in [-0.2, -0.15) is 0 Å². The molecule has 2 amide bonds. The van der Waals surface area contributed by atoms with Gasteiger partial charge in [0, 0.05) is 6.04 Å². The van der Waals surface area contributed by atoms with Gasteiger partial charge in [-0.05, 0) is 55.9 Å². The second-order valence-corrected chi connectivity index (χ2v) is 7.64. The molecule has 1 fully saturated rings. The molecule has 0 bridgehead atoms. The summed E-state index contributed by atoms with van der Waals surface area (Å²) in [6.45, 7) is 2.09. The van der Waals surface area contributed by atoms with Crippen LogP contribution in [0, 0.1) is 6.92 Å². The maximum atomic E-state index is 12.9. The largest absolute Gasteiger partial charge is 0.271 e. The van der Waals surface area contributed by atoms with E-state index >= 15 is 0 Å². The van der Waals surface area contributed by atoms with Crippen molar-refractivity contribution >= 4 is 11.8 Å². The third-order valence-electron chi connectivity index (χ3n) is 5.75. The van der Waals surface area contributed by atoms with Crippen LogP contribution in [0.1, 0.15) is 69.5 Å². The number of nitrogens with zero attached hydrogens (tertiary/aromatic N) is 1. The van der Waals surface area contributed by atoms with Crippen LogP contribution >= 0.6 is 0 Å². The van der Waals surface area contributed by atoms with Crippen LogP contribution in [-0.2, 0) is 12.8 Å². The summed E-state index contributed by atoms with van der Waals surface area (Å²) in [6, 6.07) is 14.4. The Morgan fingerprint density at radius 1 is 0.808 bits per heavy atom. The highest BCUT2D eigenvalue weighted by atomic mass is 16.2. The van der Waals surface area contributed by atoms with E-state index in [9.17, 15) is 9.59 Å². The molecule has 0 saturated heterocycles. The molecule has 1 aliphatic carbocycles. The Balaban J connectivity index is 1.51. The highest BCUT2D eigenvalue weighted by Gasteiger charge is 2.40. The van der Waals surface area contributed by atoms with Crippen molar-refractivity contribution in [3.63, 3.8) is 0 Å². The van der Waals surface area contributed by atoms with Crippen molar-refractivity contribution in [2.45, 2.75) is 57.9 Å². The fourth-order valence-electron chi connectivity index (χ4n) is 4.18. The van der Waals surface area contributed by atoms with Crippen molar-refractivity contribution in [1.82, 2.24) is 4.90 Å². The van der Waals surface area contributed by atoms with Gasteiger partial charge in [0.2, 0.25) is 0 Å². The summed E-state index contributed by atoms with van der Waals surface area (Å²) < 4.78 is 0. The van der Waals surface area contributed by atoms with Crippen molar-refractivity contribution in [1.29, 1.82) is 0 Å². The van der Waals surface area contributed by atoms with Gasteiger partial charge in [-0.3, -0.25) is 14.5 Å². The Hall–Kier alpha value is -2.42. The molecule has 0 unspecified atom stereocenters. The molecule has 26 heavy (non-hydrogen) atoms. The Labute approximate surface area is 155 Å². The van der Waals surface area contributed by atoms with E-state index < -0.39 is 0 Å². The zero-order valence-electron chi connectivity index (χ0n) is 15.3. The zero-order chi connectivity index (χ0) is 18.1. The van der Waals surface area contributed by atoms with Crippen LogP contribution in [0.3, 0.4) is 0 Å². The van der Waals surface area contributed by atoms with Gasteiger partial charge >= 0.3 is 0 Å². The highest BCUT2D eigenvalue weighted by Crippen LogP contribution is 2.31. The topological polar surface area (TPSA) is 37.4 Å². The third-order valence-corrected chi connectivity index (χ3v) is 5.75. The SMILES string of the molecule is Cc1ccc(CCc2ccc3c(c2)C(=O)N(C2CCCCC2)C3=O)cc1. The second-order valence-electron chi connectivity index (χ2n) is 7.64. The van der Waals surface area contributed by atoms with E-state index in [2.05, 4.69) is 31.2 Å². The lowest BCUT2D eigenvalue weighted by Crippen LogP contribution is -2.40. The van der Waals surface area contributed by atoms with Crippen molar-refractivity contribution in [2.75, 3.05) is 0 Å². The number of carbonyl (C=O) groups excluding carboxylic acids is 2. The summed E-state index contributed by atoms with van der Waals surface area (Å²) in [7, 11) is 0. The van der Waals surface area contributed by atoms with Crippen molar-refractivity contribution in [3.8, 4) is 0 Å². The smallest absolute Gasteiger partial charge is 0.261 e. The maximum absolute atomic E-state index is 12.9. The molecule has 2 aromatic rings. The predicted molar refractivity (Wildman–Crippen MR) is 102 cm³/mol. The normalized spacial score (nSPS) is 17.7. The number of amides is 2. The maximum Gasteiger partial charge on any atom is 0.261 e. The van der Waals surface area contributed by atoms with Gasteiger partial charge in [-0.15, -0.1) is 0 Å². The molecule has 0 aromatic heterocycles. The first-order valence-corrected chi connectivity index (χ1v) is 9.70. The molecule has 1 saturated carbocycles. The standard InChI is InChI=1S/C23H25NO2/c1-16-7-9-17(10-8-16)11-12-18-13-14-20-21(15-18)23(26)24(22(20)25)19-5-3-2-4-6-19/h7-10,13-15,19H,2-6,11-12H2,1H3. The van der Waals surface area contributed by atoms with Crippen molar-refractivity contribution in [3.05, 3.63) is 70.3 Å². The highest BCUT2D eigenvalue weighted by molar-refractivity contribution is 6.21. The molecule has 0 N–H and O–H groups in total. The average molecular weight is 347 g/mol. The van der Waals surface area contributed by atoms with Crippen molar-refractivity contribution in [2.24, 2.45) is 0 Å². The zero-order valence-corrected chi connectivity index (χ0v) is 15.3. The van der Waals surface area contributed by atoms with Crippen LogP contribution in [-0.4, -0.2) is 22.8 Å². The first-order valence-electron chi connectivity index (χ1n) is 9.70. The van der Waals surface area contributed by atoms with Crippen LogP contribution in [0.15, 0.2) is 42.5 Å². The van der Waals surface area contributed by atoms with Gasteiger partial charge in [-0.1, -0.05) is 55.2 Å². The van der Waals surface area contributed by atoms with E-state index in [0.717, 1.165) is 44.1 Å². The summed E-state index contributed by atoms with van der Waals surface area (Å²) in [5, 5.41) is 0. The van der Waals surface area contributed by atoms with Crippen LogP contribution in [0.5, 0.6) is 0 Å². The number of aryl methyl sites for hydroxylation is 3. The fraction of sp³-hybridized carbons (Fsp3) is 0.391. The Kier molecular flexibility index (Phi) is 4.62.